The van der Waals surface area contributed by atoms with Crippen molar-refractivity contribution < 1.29 is 18.7 Å². The molecule has 7 heteroatoms. The van der Waals surface area contributed by atoms with Gasteiger partial charge in [0.25, 0.3) is 0 Å². The fourth-order valence-electron chi connectivity index (χ4n) is 1.80. The molecule has 0 saturated heterocycles. The third-order valence-corrected chi connectivity index (χ3v) is 3.45. The van der Waals surface area contributed by atoms with E-state index in [-0.39, 0.29) is 5.56 Å². The zero-order chi connectivity index (χ0) is 14.2. The fourth-order valence-corrected chi connectivity index (χ4v) is 2.65. The van der Waals surface area contributed by atoms with Gasteiger partial charge in [0, 0.05) is 10.4 Å². The summed E-state index contributed by atoms with van der Waals surface area (Å²) in [4.78, 5) is 22.5. The predicted octanol–water partition coefficient (Wildman–Crippen LogP) is 2.25. The van der Waals surface area contributed by atoms with Crippen molar-refractivity contribution in [3.63, 3.8) is 0 Å². The summed E-state index contributed by atoms with van der Waals surface area (Å²) < 4.78 is 27.2. The van der Waals surface area contributed by atoms with Crippen molar-refractivity contribution in [1.29, 1.82) is 0 Å². The van der Waals surface area contributed by atoms with Crippen molar-refractivity contribution in [2.24, 2.45) is 0 Å². The Morgan fingerprint density at radius 2 is 2.05 bits per heavy atom. The van der Waals surface area contributed by atoms with E-state index in [4.69, 9.17) is 5.11 Å². The van der Waals surface area contributed by atoms with Gasteiger partial charge in [0.1, 0.15) is 6.54 Å². The van der Waals surface area contributed by atoms with Crippen LogP contribution in [0.25, 0.3) is 11.3 Å². The SMILES string of the molecule is Cc1sc(=O)n(CC(=O)O)c1-c1ccc(F)c(F)c1. The van der Waals surface area contributed by atoms with Crippen molar-refractivity contribution >= 4 is 17.3 Å². The number of aryl methyl sites for hydroxylation is 1. The second kappa shape index (κ2) is 4.93. The topological polar surface area (TPSA) is 59.3 Å². The standard InChI is InChI=1S/C12H9F2NO3S/c1-6-11(7-2-3-8(13)9(14)4-7)15(5-10(16)17)12(18)19-6/h2-4H,5H2,1H3,(H,16,17). The van der Waals surface area contributed by atoms with Crippen molar-refractivity contribution in [2.45, 2.75) is 13.5 Å². The highest BCUT2D eigenvalue weighted by atomic mass is 32.1. The lowest BCUT2D eigenvalue weighted by Crippen LogP contribution is -2.19. The summed E-state index contributed by atoms with van der Waals surface area (Å²) in [5.74, 6) is -3.22. The molecule has 2 aromatic rings. The van der Waals surface area contributed by atoms with E-state index in [0.29, 0.717) is 10.6 Å². The number of rotatable bonds is 3. The van der Waals surface area contributed by atoms with Crippen LogP contribution in [0.4, 0.5) is 8.78 Å². The van der Waals surface area contributed by atoms with Crippen molar-refractivity contribution in [1.82, 2.24) is 4.57 Å². The molecule has 0 spiro atoms. The molecule has 2 rings (SSSR count). The van der Waals surface area contributed by atoms with Crippen LogP contribution in [0, 0.1) is 18.6 Å². The van der Waals surface area contributed by atoms with Crippen LogP contribution < -0.4 is 4.87 Å². The number of nitrogens with zero attached hydrogens (tertiary/aromatic N) is 1. The lowest BCUT2D eigenvalue weighted by molar-refractivity contribution is -0.137. The smallest absolute Gasteiger partial charge is 0.323 e. The molecule has 19 heavy (non-hydrogen) atoms. The highest BCUT2D eigenvalue weighted by molar-refractivity contribution is 7.09. The minimum atomic E-state index is -1.18. The molecule has 0 amide bonds. The molecule has 1 N–H and O–H groups in total. The number of carboxylic acid groups (broad SMARTS) is 1. The minimum Gasteiger partial charge on any atom is -0.480 e. The summed E-state index contributed by atoms with van der Waals surface area (Å²) in [6.45, 7) is 1.11. The van der Waals surface area contributed by atoms with Crippen LogP contribution in [0.15, 0.2) is 23.0 Å². The highest BCUT2D eigenvalue weighted by Crippen LogP contribution is 2.26. The maximum absolute atomic E-state index is 13.2. The van der Waals surface area contributed by atoms with Gasteiger partial charge in [-0.1, -0.05) is 11.3 Å². The fraction of sp³-hybridized carbons (Fsp3) is 0.167. The molecule has 0 saturated carbocycles. The zero-order valence-electron chi connectivity index (χ0n) is 9.81. The summed E-state index contributed by atoms with van der Waals surface area (Å²) >= 11 is 0.871. The Hall–Kier alpha value is -2.02. The first-order valence-corrected chi connectivity index (χ1v) is 6.09. The monoisotopic (exact) mass is 285 g/mol. The number of aromatic nitrogens is 1. The van der Waals surface area contributed by atoms with Crippen LogP contribution in [0.5, 0.6) is 0 Å². The summed E-state index contributed by atoms with van der Waals surface area (Å²) in [6, 6.07) is 3.20. The first-order valence-electron chi connectivity index (χ1n) is 5.27. The van der Waals surface area contributed by atoms with Gasteiger partial charge in [-0.05, 0) is 25.1 Å². The average Bonchev–Trinajstić information content (AvgIpc) is 2.57. The summed E-state index contributed by atoms with van der Waals surface area (Å²) in [6.07, 6.45) is 0. The molecule has 0 bridgehead atoms. The van der Waals surface area contributed by atoms with E-state index in [2.05, 4.69) is 0 Å². The number of hydrogen-bond acceptors (Lipinski definition) is 3. The highest BCUT2D eigenvalue weighted by Gasteiger charge is 2.17. The van der Waals surface area contributed by atoms with E-state index in [1.165, 1.54) is 6.07 Å². The molecule has 1 aromatic heterocycles. The molecule has 0 atom stereocenters. The number of thiazole rings is 1. The van der Waals surface area contributed by atoms with E-state index in [0.717, 1.165) is 28.0 Å². The second-order valence-electron chi connectivity index (χ2n) is 3.88. The van der Waals surface area contributed by atoms with Gasteiger partial charge in [-0.25, -0.2) is 8.78 Å². The summed E-state index contributed by atoms with van der Waals surface area (Å²) in [5.41, 5.74) is 0.576. The molecule has 0 unspecified atom stereocenters. The molecule has 1 aromatic carbocycles. The van der Waals surface area contributed by atoms with Gasteiger partial charge in [-0.15, -0.1) is 0 Å². The first-order chi connectivity index (χ1) is 8.90. The van der Waals surface area contributed by atoms with E-state index >= 15 is 0 Å². The molecular formula is C12H9F2NO3S. The van der Waals surface area contributed by atoms with Gasteiger partial charge >= 0.3 is 10.8 Å². The molecular weight excluding hydrogens is 276 g/mol. The third kappa shape index (κ3) is 2.55. The van der Waals surface area contributed by atoms with Gasteiger partial charge in [-0.3, -0.25) is 14.2 Å². The van der Waals surface area contributed by atoms with Gasteiger partial charge in [0.2, 0.25) is 0 Å². The summed E-state index contributed by atoms with van der Waals surface area (Å²) in [5, 5.41) is 8.78. The molecule has 100 valence electrons. The molecule has 0 aliphatic heterocycles. The number of aliphatic carboxylic acids is 1. The second-order valence-corrected chi connectivity index (χ2v) is 5.05. The number of halogens is 2. The third-order valence-electron chi connectivity index (χ3n) is 2.55. The molecule has 4 nitrogen and oxygen atoms in total. The molecule has 0 radical (unpaired) electrons. The Labute approximate surface area is 110 Å². The van der Waals surface area contributed by atoms with Crippen LogP contribution in [0.1, 0.15) is 4.88 Å². The predicted molar refractivity (Wildman–Crippen MR) is 66.3 cm³/mol. The van der Waals surface area contributed by atoms with Crippen LogP contribution in [0.2, 0.25) is 0 Å². The Morgan fingerprint density at radius 3 is 2.63 bits per heavy atom. The molecule has 0 fully saturated rings. The van der Waals surface area contributed by atoms with E-state index in [9.17, 15) is 18.4 Å². The Morgan fingerprint density at radius 1 is 1.37 bits per heavy atom. The Bertz CT molecular complexity index is 705. The van der Waals surface area contributed by atoms with Crippen LogP contribution in [-0.4, -0.2) is 15.6 Å². The largest absolute Gasteiger partial charge is 0.480 e. The lowest BCUT2D eigenvalue weighted by atomic mass is 10.1. The maximum atomic E-state index is 13.2. The number of carbonyl (C=O) groups is 1. The molecule has 1 heterocycles. The van der Waals surface area contributed by atoms with Gasteiger partial charge in [-0.2, -0.15) is 0 Å². The van der Waals surface area contributed by atoms with Crippen molar-refractivity contribution in [2.75, 3.05) is 0 Å². The first kappa shape index (κ1) is 13.4. The Balaban J connectivity index is 2.63. The van der Waals surface area contributed by atoms with E-state index in [1.807, 2.05) is 0 Å². The van der Waals surface area contributed by atoms with Gasteiger partial charge < -0.3 is 5.11 Å². The van der Waals surface area contributed by atoms with Crippen molar-refractivity contribution in [3.8, 4) is 11.3 Å². The lowest BCUT2D eigenvalue weighted by Gasteiger charge is -2.07. The quantitative estimate of drug-likeness (QED) is 0.941. The number of hydrogen-bond donors (Lipinski definition) is 1. The van der Waals surface area contributed by atoms with Gasteiger partial charge in [0.15, 0.2) is 11.6 Å². The molecule has 0 aliphatic rings. The minimum absolute atomic E-state index is 0.274. The van der Waals surface area contributed by atoms with Crippen LogP contribution in [0.3, 0.4) is 0 Å². The van der Waals surface area contributed by atoms with E-state index in [1.54, 1.807) is 6.92 Å². The van der Waals surface area contributed by atoms with Crippen LogP contribution >= 0.6 is 11.3 Å². The normalized spacial score (nSPS) is 10.7. The van der Waals surface area contributed by atoms with Gasteiger partial charge in [0.05, 0.1) is 5.69 Å². The number of carboxylic acids is 1. The van der Waals surface area contributed by atoms with E-state index < -0.39 is 29.0 Å². The summed E-state index contributed by atoms with van der Waals surface area (Å²) in [7, 11) is 0. The van der Waals surface area contributed by atoms with Crippen LogP contribution in [-0.2, 0) is 11.3 Å². The molecule has 0 aliphatic carbocycles. The van der Waals surface area contributed by atoms with Crippen molar-refractivity contribution in [3.05, 3.63) is 44.4 Å². The Kier molecular flexibility index (Phi) is 3.48. The maximum Gasteiger partial charge on any atom is 0.323 e. The average molecular weight is 285 g/mol. The number of benzene rings is 1. The zero-order valence-corrected chi connectivity index (χ0v) is 10.6.